The lowest BCUT2D eigenvalue weighted by atomic mass is 10.1. The molecule has 3 rings (SSSR count). The molecule has 0 aliphatic carbocycles. The van der Waals surface area contributed by atoms with Crippen LogP contribution in [0.2, 0.25) is 0 Å². The van der Waals surface area contributed by atoms with Gasteiger partial charge in [0, 0.05) is 36.4 Å². The Labute approximate surface area is 160 Å². The molecule has 0 spiro atoms. The highest BCUT2D eigenvalue weighted by atomic mass is 35.5. The lowest BCUT2D eigenvalue weighted by Crippen LogP contribution is -2.37. The molecule has 138 valence electrons. The van der Waals surface area contributed by atoms with Crippen LogP contribution in [0.4, 0.5) is 5.69 Å². The smallest absolute Gasteiger partial charge is 0.258 e. The summed E-state index contributed by atoms with van der Waals surface area (Å²) in [5.74, 6) is -0.288. The van der Waals surface area contributed by atoms with Crippen LogP contribution in [0.25, 0.3) is 0 Å². The van der Waals surface area contributed by atoms with Crippen molar-refractivity contribution in [2.45, 2.75) is 18.9 Å². The molecule has 2 aromatic carbocycles. The Morgan fingerprint density at radius 2 is 1.85 bits per heavy atom. The quantitative estimate of drug-likeness (QED) is 0.847. The van der Waals surface area contributed by atoms with Crippen LogP contribution in [-0.4, -0.2) is 38.0 Å². The molecule has 2 N–H and O–H groups in total. The molecule has 0 bridgehead atoms. The van der Waals surface area contributed by atoms with Crippen molar-refractivity contribution < 1.29 is 9.59 Å². The van der Waals surface area contributed by atoms with Gasteiger partial charge in [0.05, 0.1) is 0 Å². The molecule has 2 amide bonds. The van der Waals surface area contributed by atoms with Gasteiger partial charge in [-0.2, -0.15) is 0 Å². The molecule has 0 aromatic heterocycles. The van der Waals surface area contributed by atoms with Crippen molar-refractivity contribution >= 4 is 29.9 Å². The van der Waals surface area contributed by atoms with Crippen molar-refractivity contribution in [1.29, 1.82) is 0 Å². The molecule has 1 fully saturated rings. The lowest BCUT2D eigenvalue weighted by molar-refractivity contribution is 0.0950. The molecular weight excluding hydrogens is 350 g/mol. The number of carbonyl (C=O) groups is 2. The summed E-state index contributed by atoms with van der Waals surface area (Å²) in [5, 5.41) is 6.29. The SMILES string of the molecule is CN(C(=O)c1cccc(C(=O)NCC2CCCN2)c1)c1ccccc1.Cl. The first-order chi connectivity index (χ1) is 12.1. The maximum absolute atomic E-state index is 12.7. The summed E-state index contributed by atoms with van der Waals surface area (Å²) < 4.78 is 0. The van der Waals surface area contributed by atoms with E-state index >= 15 is 0 Å². The third-order valence-corrected chi connectivity index (χ3v) is 4.49. The number of anilines is 1. The van der Waals surface area contributed by atoms with E-state index < -0.39 is 0 Å². The number of hydrogen-bond acceptors (Lipinski definition) is 3. The van der Waals surface area contributed by atoms with Crippen molar-refractivity contribution in [1.82, 2.24) is 10.6 Å². The average Bonchev–Trinajstić information content (AvgIpc) is 3.19. The first-order valence-corrected chi connectivity index (χ1v) is 8.60. The standard InChI is InChI=1S/C20H23N3O2.ClH/c1-23(18-10-3-2-4-11-18)20(25)16-8-5-7-15(13-16)19(24)22-14-17-9-6-12-21-17;/h2-5,7-8,10-11,13,17,21H,6,9,12,14H2,1H3,(H,22,24);1H. The number of amides is 2. The number of nitrogens with one attached hydrogen (secondary N) is 2. The Balaban J connectivity index is 0.00000243. The number of carbonyl (C=O) groups excluding carboxylic acids is 2. The van der Waals surface area contributed by atoms with Crippen molar-refractivity contribution in [3.63, 3.8) is 0 Å². The van der Waals surface area contributed by atoms with Crippen LogP contribution < -0.4 is 15.5 Å². The molecule has 0 saturated carbocycles. The normalized spacial score (nSPS) is 15.8. The Hall–Kier alpha value is -2.37. The fraction of sp³-hybridized carbons (Fsp3) is 0.300. The van der Waals surface area contributed by atoms with E-state index in [9.17, 15) is 9.59 Å². The van der Waals surface area contributed by atoms with Gasteiger partial charge in [-0.1, -0.05) is 24.3 Å². The van der Waals surface area contributed by atoms with Gasteiger partial charge < -0.3 is 15.5 Å². The second-order valence-electron chi connectivity index (χ2n) is 6.28. The van der Waals surface area contributed by atoms with Gasteiger partial charge in [0.25, 0.3) is 11.8 Å². The van der Waals surface area contributed by atoms with Gasteiger partial charge in [-0.25, -0.2) is 0 Å². The number of para-hydroxylation sites is 1. The molecule has 1 atom stereocenters. The number of benzene rings is 2. The fourth-order valence-electron chi connectivity index (χ4n) is 3.00. The number of halogens is 1. The number of rotatable bonds is 5. The molecule has 0 radical (unpaired) electrons. The van der Waals surface area contributed by atoms with E-state index in [0.717, 1.165) is 25.1 Å². The highest BCUT2D eigenvalue weighted by Crippen LogP contribution is 2.16. The van der Waals surface area contributed by atoms with Crippen LogP contribution in [0.15, 0.2) is 54.6 Å². The summed E-state index contributed by atoms with van der Waals surface area (Å²) in [6.45, 7) is 1.62. The van der Waals surface area contributed by atoms with Gasteiger partial charge in [-0.3, -0.25) is 9.59 Å². The lowest BCUT2D eigenvalue weighted by Gasteiger charge is -2.17. The molecule has 1 aliphatic rings. The molecule has 6 heteroatoms. The second-order valence-corrected chi connectivity index (χ2v) is 6.28. The molecule has 1 unspecified atom stereocenters. The van der Waals surface area contributed by atoms with Gasteiger partial charge in [-0.05, 0) is 49.7 Å². The summed E-state index contributed by atoms with van der Waals surface area (Å²) >= 11 is 0. The van der Waals surface area contributed by atoms with E-state index in [0.29, 0.717) is 23.7 Å². The molecule has 26 heavy (non-hydrogen) atoms. The third-order valence-electron chi connectivity index (χ3n) is 4.49. The van der Waals surface area contributed by atoms with Crippen molar-refractivity contribution in [3.05, 3.63) is 65.7 Å². The minimum Gasteiger partial charge on any atom is -0.350 e. The topological polar surface area (TPSA) is 61.4 Å². The van der Waals surface area contributed by atoms with Crippen molar-refractivity contribution in [2.75, 3.05) is 25.0 Å². The van der Waals surface area contributed by atoms with Crippen LogP contribution >= 0.6 is 12.4 Å². The monoisotopic (exact) mass is 373 g/mol. The molecule has 1 aliphatic heterocycles. The van der Waals surface area contributed by atoms with E-state index in [1.54, 1.807) is 36.2 Å². The first-order valence-electron chi connectivity index (χ1n) is 8.60. The molecule has 2 aromatic rings. The van der Waals surface area contributed by atoms with Gasteiger partial charge >= 0.3 is 0 Å². The second kappa shape index (κ2) is 9.36. The Morgan fingerprint density at radius 1 is 1.12 bits per heavy atom. The van der Waals surface area contributed by atoms with Crippen LogP contribution in [0.5, 0.6) is 0 Å². The largest absolute Gasteiger partial charge is 0.350 e. The van der Waals surface area contributed by atoms with Gasteiger partial charge in [0.1, 0.15) is 0 Å². The van der Waals surface area contributed by atoms with Gasteiger partial charge in [-0.15, -0.1) is 12.4 Å². The molecular formula is C20H24ClN3O2. The third kappa shape index (κ3) is 4.84. The Kier molecular flexibility index (Phi) is 7.18. The van der Waals surface area contributed by atoms with Gasteiger partial charge in [0.2, 0.25) is 0 Å². The minimum absolute atomic E-state index is 0. The van der Waals surface area contributed by atoms with E-state index in [-0.39, 0.29) is 24.2 Å². The van der Waals surface area contributed by atoms with Crippen LogP contribution in [0.1, 0.15) is 33.6 Å². The Morgan fingerprint density at radius 3 is 2.54 bits per heavy atom. The van der Waals surface area contributed by atoms with Crippen LogP contribution in [0, 0.1) is 0 Å². The zero-order valence-corrected chi connectivity index (χ0v) is 15.6. The maximum Gasteiger partial charge on any atom is 0.258 e. The highest BCUT2D eigenvalue weighted by molar-refractivity contribution is 6.07. The van der Waals surface area contributed by atoms with Crippen LogP contribution in [-0.2, 0) is 0 Å². The highest BCUT2D eigenvalue weighted by Gasteiger charge is 2.17. The van der Waals surface area contributed by atoms with E-state index in [4.69, 9.17) is 0 Å². The summed E-state index contributed by atoms with van der Waals surface area (Å²) in [4.78, 5) is 26.6. The summed E-state index contributed by atoms with van der Waals surface area (Å²) in [5.41, 5.74) is 1.82. The van der Waals surface area contributed by atoms with E-state index in [1.807, 2.05) is 30.3 Å². The molecule has 1 saturated heterocycles. The zero-order valence-electron chi connectivity index (χ0n) is 14.8. The van der Waals surface area contributed by atoms with E-state index in [1.165, 1.54) is 0 Å². The maximum atomic E-state index is 12.7. The average molecular weight is 374 g/mol. The number of hydrogen-bond donors (Lipinski definition) is 2. The minimum atomic E-state index is -0.147. The summed E-state index contributed by atoms with van der Waals surface area (Å²) in [7, 11) is 1.73. The van der Waals surface area contributed by atoms with Crippen molar-refractivity contribution in [3.8, 4) is 0 Å². The predicted molar refractivity (Wildman–Crippen MR) is 106 cm³/mol. The molecule has 5 nitrogen and oxygen atoms in total. The number of nitrogens with zero attached hydrogens (tertiary/aromatic N) is 1. The van der Waals surface area contributed by atoms with Gasteiger partial charge in [0.15, 0.2) is 0 Å². The Bertz CT molecular complexity index is 746. The first kappa shape index (κ1) is 19.9. The zero-order chi connectivity index (χ0) is 17.6. The summed E-state index contributed by atoms with van der Waals surface area (Å²) in [6, 6.07) is 16.7. The van der Waals surface area contributed by atoms with Crippen molar-refractivity contribution in [2.24, 2.45) is 0 Å². The molecule has 1 heterocycles. The fourth-order valence-corrected chi connectivity index (χ4v) is 3.00. The summed E-state index contributed by atoms with van der Waals surface area (Å²) in [6.07, 6.45) is 2.23. The van der Waals surface area contributed by atoms with E-state index in [2.05, 4.69) is 10.6 Å². The predicted octanol–water partition coefficient (Wildman–Crippen LogP) is 2.87. The van der Waals surface area contributed by atoms with Crippen LogP contribution in [0.3, 0.4) is 0 Å².